The van der Waals surface area contributed by atoms with Gasteiger partial charge in [0.05, 0.1) is 23.6 Å². The van der Waals surface area contributed by atoms with Crippen LogP contribution < -0.4 is 5.32 Å². The number of nitrogens with one attached hydrogen (secondary N) is 1. The summed E-state index contributed by atoms with van der Waals surface area (Å²) in [5.74, 6) is 1.19. The third-order valence-electron chi connectivity index (χ3n) is 2.07. The van der Waals surface area contributed by atoms with Crippen molar-refractivity contribution in [3.63, 3.8) is 0 Å². The molecule has 1 aromatic heterocycles. The number of hydrogen-bond donors (Lipinski definition) is 1. The number of rotatable bonds is 1. The van der Waals surface area contributed by atoms with Gasteiger partial charge in [-0.25, -0.2) is 4.98 Å². The number of aromatic nitrogens is 2. The van der Waals surface area contributed by atoms with Crippen LogP contribution in [0.1, 0.15) is 18.0 Å². The second-order valence-electron chi connectivity index (χ2n) is 3.21. The van der Waals surface area contributed by atoms with Gasteiger partial charge in [-0.3, -0.25) is 5.32 Å². The number of nitrogens with zero attached hydrogens (tertiary/aromatic N) is 2. The zero-order chi connectivity index (χ0) is 8.55. The van der Waals surface area contributed by atoms with Crippen molar-refractivity contribution in [2.75, 3.05) is 5.75 Å². The van der Waals surface area contributed by atoms with E-state index in [0.717, 1.165) is 0 Å². The number of aryl methyl sites for hydroxylation is 1. The molecule has 0 saturated carbocycles. The quantitative estimate of drug-likeness (QED) is 0.708. The van der Waals surface area contributed by atoms with E-state index in [4.69, 9.17) is 0 Å². The van der Waals surface area contributed by atoms with Crippen molar-refractivity contribution in [3.8, 4) is 0 Å². The fraction of sp³-hybridized carbons (Fsp3) is 0.625. The van der Waals surface area contributed by atoms with Crippen LogP contribution in [0, 0.1) is 0 Å². The Hall–Kier alpha value is -0.480. The maximum Gasteiger partial charge on any atom is 0.0960 e. The van der Waals surface area contributed by atoms with E-state index in [2.05, 4.69) is 21.8 Å². The summed E-state index contributed by atoms with van der Waals surface area (Å²) in [5, 5.41) is 3.94. The van der Waals surface area contributed by atoms with Crippen LogP contribution in [0.4, 0.5) is 0 Å². The minimum Gasteiger partial charge on any atom is -0.336 e. The van der Waals surface area contributed by atoms with Gasteiger partial charge in [0.2, 0.25) is 0 Å². The maximum absolute atomic E-state index is 4.10. The van der Waals surface area contributed by atoms with Crippen molar-refractivity contribution in [2.24, 2.45) is 7.05 Å². The highest BCUT2D eigenvalue weighted by molar-refractivity contribution is 7.99. The molecular weight excluding hydrogens is 170 g/mol. The Balaban J connectivity index is 2.16. The van der Waals surface area contributed by atoms with E-state index in [-0.39, 0.29) is 0 Å². The normalized spacial score (nSPS) is 29.5. The van der Waals surface area contributed by atoms with Crippen LogP contribution >= 0.6 is 11.8 Å². The van der Waals surface area contributed by atoms with Crippen molar-refractivity contribution in [2.45, 2.75) is 18.3 Å². The summed E-state index contributed by atoms with van der Waals surface area (Å²) in [4.78, 5) is 4.10. The Bertz CT molecular complexity index is 271. The van der Waals surface area contributed by atoms with Crippen molar-refractivity contribution < 1.29 is 0 Å². The second kappa shape index (κ2) is 3.11. The second-order valence-corrected chi connectivity index (χ2v) is 4.35. The Kier molecular flexibility index (Phi) is 2.11. The average molecular weight is 183 g/mol. The molecule has 1 N–H and O–H groups in total. The summed E-state index contributed by atoms with van der Waals surface area (Å²) in [6, 6.07) is 0.620. The van der Waals surface area contributed by atoms with Crippen LogP contribution in [-0.2, 0) is 7.05 Å². The number of thioether (sulfide) groups is 1. The topological polar surface area (TPSA) is 29.9 Å². The first-order chi connectivity index (χ1) is 5.77. The van der Waals surface area contributed by atoms with Crippen LogP contribution in [0.25, 0.3) is 0 Å². The minimum absolute atomic E-state index is 0.437. The first kappa shape index (κ1) is 8.13. The SMILES string of the molecule is CC1CSC(c2cncn2C)N1. The molecule has 0 bridgehead atoms. The molecule has 1 fully saturated rings. The van der Waals surface area contributed by atoms with Gasteiger partial charge in [0.15, 0.2) is 0 Å². The van der Waals surface area contributed by atoms with Gasteiger partial charge in [0, 0.05) is 18.8 Å². The Morgan fingerprint density at radius 2 is 2.58 bits per heavy atom. The maximum atomic E-state index is 4.10. The molecule has 3 nitrogen and oxygen atoms in total. The third-order valence-corrected chi connectivity index (χ3v) is 3.47. The molecule has 66 valence electrons. The van der Waals surface area contributed by atoms with E-state index in [1.165, 1.54) is 11.4 Å². The third kappa shape index (κ3) is 1.36. The molecule has 2 unspecified atom stereocenters. The molecule has 2 atom stereocenters. The predicted molar refractivity (Wildman–Crippen MR) is 51.0 cm³/mol. The van der Waals surface area contributed by atoms with E-state index in [1.807, 2.05) is 31.3 Å². The van der Waals surface area contributed by atoms with E-state index >= 15 is 0 Å². The lowest BCUT2D eigenvalue weighted by Gasteiger charge is -2.10. The molecule has 0 aliphatic carbocycles. The Morgan fingerprint density at radius 1 is 1.75 bits per heavy atom. The fourth-order valence-electron chi connectivity index (χ4n) is 1.39. The summed E-state index contributed by atoms with van der Waals surface area (Å²) in [6.07, 6.45) is 3.78. The zero-order valence-electron chi connectivity index (χ0n) is 7.32. The molecule has 0 spiro atoms. The van der Waals surface area contributed by atoms with Crippen molar-refractivity contribution >= 4 is 11.8 Å². The summed E-state index contributed by atoms with van der Waals surface area (Å²) < 4.78 is 2.07. The zero-order valence-corrected chi connectivity index (χ0v) is 8.14. The molecule has 4 heteroatoms. The molecular formula is C8H13N3S. The smallest absolute Gasteiger partial charge is 0.0960 e. The number of hydrogen-bond acceptors (Lipinski definition) is 3. The van der Waals surface area contributed by atoms with Crippen LogP contribution in [0.15, 0.2) is 12.5 Å². The van der Waals surface area contributed by atoms with Crippen molar-refractivity contribution in [3.05, 3.63) is 18.2 Å². The lowest BCUT2D eigenvalue weighted by Crippen LogP contribution is -2.22. The summed E-state index contributed by atoms with van der Waals surface area (Å²) in [6.45, 7) is 2.21. The Labute approximate surface area is 76.6 Å². The van der Waals surface area contributed by atoms with Gasteiger partial charge in [-0.2, -0.15) is 0 Å². The highest BCUT2D eigenvalue weighted by atomic mass is 32.2. The molecule has 0 radical (unpaired) electrons. The van der Waals surface area contributed by atoms with Gasteiger partial charge in [0.1, 0.15) is 0 Å². The lowest BCUT2D eigenvalue weighted by atomic mass is 10.3. The van der Waals surface area contributed by atoms with Crippen molar-refractivity contribution in [1.82, 2.24) is 14.9 Å². The molecule has 1 aromatic rings. The molecule has 2 rings (SSSR count). The molecule has 1 aliphatic heterocycles. The van der Waals surface area contributed by atoms with Crippen LogP contribution in [-0.4, -0.2) is 21.3 Å². The molecule has 12 heavy (non-hydrogen) atoms. The summed E-state index contributed by atoms with van der Waals surface area (Å²) in [7, 11) is 2.04. The largest absolute Gasteiger partial charge is 0.336 e. The predicted octanol–water partition coefficient (Wildman–Crippen LogP) is 1.14. The lowest BCUT2D eigenvalue weighted by molar-refractivity contribution is 0.597. The van der Waals surface area contributed by atoms with E-state index in [0.29, 0.717) is 11.4 Å². The van der Waals surface area contributed by atoms with Crippen LogP contribution in [0.3, 0.4) is 0 Å². The van der Waals surface area contributed by atoms with Gasteiger partial charge < -0.3 is 4.57 Å². The summed E-state index contributed by atoms with van der Waals surface area (Å²) >= 11 is 1.95. The van der Waals surface area contributed by atoms with Gasteiger partial charge in [-0.15, -0.1) is 11.8 Å². The van der Waals surface area contributed by atoms with Crippen LogP contribution in [0.5, 0.6) is 0 Å². The standard InChI is InChI=1S/C8H13N3S/c1-6-4-12-8(10-6)7-3-9-5-11(7)2/h3,5-6,8,10H,4H2,1-2H3. The molecule has 0 amide bonds. The van der Waals surface area contributed by atoms with Crippen LogP contribution in [0.2, 0.25) is 0 Å². The molecule has 1 saturated heterocycles. The minimum atomic E-state index is 0.437. The first-order valence-corrected chi connectivity index (χ1v) is 5.16. The first-order valence-electron chi connectivity index (χ1n) is 4.11. The highest BCUT2D eigenvalue weighted by Crippen LogP contribution is 2.31. The fourth-order valence-corrected chi connectivity index (χ4v) is 2.69. The highest BCUT2D eigenvalue weighted by Gasteiger charge is 2.23. The van der Waals surface area contributed by atoms with E-state index < -0.39 is 0 Å². The van der Waals surface area contributed by atoms with Gasteiger partial charge in [-0.1, -0.05) is 0 Å². The van der Waals surface area contributed by atoms with E-state index in [9.17, 15) is 0 Å². The Morgan fingerprint density at radius 3 is 3.08 bits per heavy atom. The number of imidazole rings is 1. The van der Waals surface area contributed by atoms with Crippen molar-refractivity contribution in [1.29, 1.82) is 0 Å². The van der Waals surface area contributed by atoms with E-state index in [1.54, 1.807) is 0 Å². The van der Waals surface area contributed by atoms with Gasteiger partial charge in [-0.05, 0) is 6.92 Å². The molecule has 0 aromatic carbocycles. The molecule has 1 aliphatic rings. The van der Waals surface area contributed by atoms with Gasteiger partial charge >= 0.3 is 0 Å². The average Bonchev–Trinajstić information content (AvgIpc) is 2.58. The molecule has 2 heterocycles. The van der Waals surface area contributed by atoms with Gasteiger partial charge in [0.25, 0.3) is 0 Å². The summed E-state index contributed by atoms with van der Waals surface area (Å²) in [5.41, 5.74) is 1.27. The monoisotopic (exact) mass is 183 g/mol.